The zero-order chi connectivity index (χ0) is 20.9. The van der Waals surface area contributed by atoms with Crippen LogP contribution in [0.3, 0.4) is 0 Å². The quantitative estimate of drug-likeness (QED) is 0.609. The number of alkyl halides is 2. The first-order chi connectivity index (χ1) is 12.8. The maximum absolute atomic E-state index is 13.2. The number of benzene rings is 1. The van der Waals surface area contributed by atoms with Crippen molar-refractivity contribution in [2.75, 3.05) is 6.61 Å². The van der Waals surface area contributed by atoms with Gasteiger partial charge in [-0.2, -0.15) is 0 Å². The summed E-state index contributed by atoms with van der Waals surface area (Å²) >= 11 is 6.17. The Labute approximate surface area is 168 Å². The van der Waals surface area contributed by atoms with Crippen LogP contribution in [0.25, 0.3) is 0 Å². The molecule has 1 unspecified atom stereocenters. The summed E-state index contributed by atoms with van der Waals surface area (Å²) in [6.07, 6.45) is -4.46. The summed E-state index contributed by atoms with van der Waals surface area (Å²) in [6, 6.07) is 3.50. The number of carbonyl (C=O) groups excluding carboxylic acids is 1. The van der Waals surface area contributed by atoms with E-state index in [2.05, 4.69) is 29.1 Å². The van der Waals surface area contributed by atoms with Gasteiger partial charge in [0.25, 0.3) is 5.91 Å². The molecule has 2 heterocycles. The lowest BCUT2D eigenvalue weighted by Crippen LogP contribution is -2.35. The Bertz CT molecular complexity index is 784. The molecule has 28 heavy (non-hydrogen) atoms. The SMILES string of the molecule is CC1(C)C(=O)N(Cc2cc3c(cc2Cl)OC(F)(F)O3)OC1OCC[Si](C)(C)C. The summed E-state index contributed by atoms with van der Waals surface area (Å²) in [7, 11) is -1.28. The zero-order valence-corrected chi connectivity index (χ0v) is 18.2. The molecule has 1 atom stereocenters. The van der Waals surface area contributed by atoms with Gasteiger partial charge in [0.05, 0.1) is 12.0 Å². The van der Waals surface area contributed by atoms with Gasteiger partial charge in [-0.05, 0) is 31.5 Å². The van der Waals surface area contributed by atoms with E-state index < -0.39 is 26.1 Å². The van der Waals surface area contributed by atoms with Crippen molar-refractivity contribution in [2.45, 2.75) is 58.7 Å². The fourth-order valence-corrected chi connectivity index (χ4v) is 3.77. The molecule has 0 aromatic heterocycles. The zero-order valence-electron chi connectivity index (χ0n) is 16.5. The van der Waals surface area contributed by atoms with E-state index in [-0.39, 0.29) is 29.0 Å². The summed E-state index contributed by atoms with van der Waals surface area (Å²) in [5, 5.41) is 1.32. The third-order valence-corrected chi connectivity index (χ3v) is 6.65. The molecule has 3 rings (SSSR count). The van der Waals surface area contributed by atoms with Crippen LogP contribution < -0.4 is 9.47 Å². The number of carbonyl (C=O) groups is 1. The normalized spacial score (nSPS) is 22.8. The lowest BCUT2D eigenvalue weighted by Gasteiger charge is -2.23. The van der Waals surface area contributed by atoms with Crippen molar-refractivity contribution in [2.24, 2.45) is 5.41 Å². The van der Waals surface area contributed by atoms with Crippen LogP contribution in [-0.2, 0) is 20.9 Å². The minimum Gasteiger partial charge on any atom is -0.395 e. The molecule has 0 radical (unpaired) electrons. The topological polar surface area (TPSA) is 57.2 Å². The first kappa shape index (κ1) is 21.3. The molecule has 10 heteroatoms. The molecule has 0 bridgehead atoms. The van der Waals surface area contributed by atoms with Crippen molar-refractivity contribution in [1.29, 1.82) is 0 Å². The van der Waals surface area contributed by atoms with E-state index in [4.69, 9.17) is 21.2 Å². The van der Waals surface area contributed by atoms with Crippen molar-refractivity contribution >= 4 is 25.6 Å². The molecule has 2 aliphatic heterocycles. The molecule has 6 nitrogen and oxygen atoms in total. The third kappa shape index (κ3) is 4.42. The third-order valence-electron chi connectivity index (χ3n) is 4.60. The van der Waals surface area contributed by atoms with Gasteiger partial charge in [0.1, 0.15) is 0 Å². The second kappa shape index (κ2) is 7.12. The predicted octanol–water partition coefficient (Wildman–Crippen LogP) is 4.64. The minimum absolute atomic E-state index is 0.0306. The summed E-state index contributed by atoms with van der Waals surface area (Å²) in [6.45, 7) is 10.7. The van der Waals surface area contributed by atoms with E-state index in [1.54, 1.807) is 13.8 Å². The first-order valence-corrected chi connectivity index (χ1v) is 13.1. The van der Waals surface area contributed by atoms with Crippen molar-refractivity contribution in [3.05, 3.63) is 22.7 Å². The smallest absolute Gasteiger partial charge is 0.395 e. The number of rotatable bonds is 6. The Balaban J connectivity index is 1.71. The molecule has 0 N–H and O–H groups in total. The van der Waals surface area contributed by atoms with Crippen LogP contribution in [0.5, 0.6) is 11.5 Å². The lowest BCUT2D eigenvalue weighted by atomic mass is 9.92. The maximum Gasteiger partial charge on any atom is 0.586 e. The largest absolute Gasteiger partial charge is 0.586 e. The number of fused-ring (bicyclic) bond motifs is 1. The Morgan fingerprint density at radius 1 is 1.21 bits per heavy atom. The molecule has 0 aliphatic carbocycles. The molecular weight excluding hydrogens is 412 g/mol. The highest BCUT2D eigenvalue weighted by molar-refractivity contribution is 6.76. The van der Waals surface area contributed by atoms with Crippen LogP contribution in [0.15, 0.2) is 12.1 Å². The van der Waals surface area contributed by atoms with Gasteiger partial charge in [0.15, 0.2) is 17.8 Å². The average molecular weight is 436 g/mol. The number of nitrogens with zero attached hydrogens (tertiary/aromatic N) is 1. The molecule has 1 aromatic rings. The summed E-state index contributed by atoms with van der Waals surface area (Å²) in [5.41, 5.74) is -0.483. The van der Waals surface area contributed by atoms with Gasteiger partial charge in [-0.3, -0.25) is 4.79 Å². The Hall–Kier alpha value is -1.42. The van der Waals surface area contributed by atoms with E-state index in [0.717, 1.165) is 11.1 Å². The molecule has 0 spiro atoms. The van der Waals surface area contributed by atoms with E-state index in [9.17, 15) is 13.6 Å². The number of ether oxygens (including phenoxy) is 3. The van der Waals surface area contributed by atoms with Gasteiger partial charge in [0, 0.05) is 25.8 Å². The maximum atomic E-state index is 13.2. The van der Waals surface area contributed by atoms with Crippen LogP contribution in [0.2, 0.25) is 30.7 Å². The van der Waals surface area contributed by atoms with E-state index >= 15 is 0 Å². The molecule has 0 saturated carbocycles. The van der Waals surface area contributed by atoms with Crippen LogP contribution in [-0.4, -0.2) is 38.2 Å². The van der Waals surface area contributed by atoms with Gasteiger partial charge < -0.3 is 14.2 Å². The molecular formula is C18H24ClF2NO5Si. The Morgan fingerprint density at radius 3 is 2.43 bits per heavy atom. The van der Waals surface area contributed by atoms with E-state index in [1.165, 1.54) is 12.1 Å². The standard InChI is InChI=1S/C18H24ClF2NO5Si/c1-17(2)15(23)22(27-16(17)24-6-7-28(3,4)5)10-11-8-13-14(9-12(11)19)26-18(20,21)25-13/h8-9,16H,6-7,10H2,1-5H3. The highest BCUT2D eigenvalue weighted by atomic mass is 35.5. The second-order valence-electron chi connectivity index (χ2n) is 8.74. The van der Waals surface area contributed by atoms with Gasteiger partial charge in [-0.15, -0.1) is 8.78 Å². The van der Waals surface area contributed by atoms with Crippen LogP contribution in [0, 0.1) is 5.41 Å². The summed E-state index contributed by atoms with van der Waals surface area (Å²) in [5.74, 6) is -0.567. The summed E-state index contributed by atoms with van der Waals surface area (Å²) in [4.78, 5) is 18.5. The molecule has 1 amide bonds. The predicted molar refractivity (Wildman–Crippen MR) is 101 cm³/mol. The molecule has 1 aromatic carbocycles. The van der Waals surface area contributed by atoms with Crippen molar-refractivity contribution in [3.63, 3.8) is 0 Å². The summed E-state index contributed by atoms with van der Waals surface area (Å²) < 4.78 is 41.1. The highest BCUT2D eigenvalue weighted by Crippen LogP contribution is 2.44. The number of hydrogen-bond acceptors (Lipinski definition) is 5. The highest BCUT2D eigenvalue weighted by Gasteiger charge is 2.50. The Morgan fingerprint density at radius 2 is 1.82 bits per heavy atom. The number of halogens is 3. The fourth-order valence-electron chi connectivity index (χ4n) is 2.83. The minimum atomic E-state index is -3.73. The first-order valence-electron chi connectivity index (χ1n) is 8.97. The van der Waals surface area contributed by atoms with Gasteiger partial charge in [0.2, 0.25) is 0 Å². The fraction of sp³-hybridized carbons (Fsp3) is 0.611. The van der Waals surface area contributed by atoms with E-state index in [0.29, 0.717) is 12.2 Å². The molecule has 1 saturated heterocycles. The number of hydroxylamine groups is 2. The second-order valence-corrected chi connectivity index (χ2v) is 14.8. The van der Waals surface area contributed by atoms with Crippen molar-refractivity contribution < 1.29 is 32.6 Å². The number of amides is 1. The molecule has 1 fully saturated rings. The molecule has 2 aliphatic rings. The van der Waals surface area contributed by atoms with Crippen LogP contribution in [0.1, 0.15) is 19.4 Å². The number of hydrogen-bond donors (Lipinski definition) is 0. The lowest BCUT2D eigenvalue weighted by molar-refractivity contribution is -0.286. The van der Waals surface area contributed by atoms with Gasteiger partial charge >= 0.3 is 6.29 Å². The van der Waals surface area contributed by atoms with Crippen molar-refractivity contribution in [1.82, 2.24) is 5.06 Å². The van der Waals surface area contributed by atoms with Crippen LogP contribution in [0.4, 0.5) is 8.78 Å². The van der Waals surface area contributed by atoms with Crippen LogP contribution >= 0.6 is 11.6 Å². The molecule has 156 valence electrons. The monoisotopic (exact) mass is 435 g/mol. The van der Waals surface area contributed by atoms with E-state index in [1.807, 2.05) is 0 Å². The average Bonchev–Trinajstić information content (AvgIpc) is 2.93. The van der Waals surface area contributed by atoms with Gasteiger partial charge in [-0.25, -0.2) is 9.90 Å². The Kier molecular flexibility index (Phi) is 5.41. The van der Waals surface area contributed by atoms with Crippen molar-refractivity contribution in [3.8, 4) is 11.5 Å². The van der Waals surface area contributed by atoms with Gasteiger partial charge in [-0.1, -0.05) is 31.2 Å².